The molecule has 1 amide bonds. The van der Waals surface area contributed by atoms with E-state index in [1.165, 1.54) is 18.7 Å². The van der Waals surface area contributed by atoms with Crippen LogP contribution in [0, 0.1) is 5.92 Å². The molecule has 1 aromatic heterocycles. The van der Waals surface area contributed by atoms with Crippen LogP contribution in [0.5, 0.6) is 5.75 Å². The molecule has 0 saturated carbocycles. The van der Waals surface area contributed by atoms with Gasteiger partial charge in [-0.15, -0.1) is 10.2 Å². The van der Waals surface area contributed by atoms with E-state index in [4.69, 9.17) is 4.74 Å². The van der Waals surface area contributed by atoms with Gasteiger partial charge in [-0.1, -0.05) is 30.3 Å². The molecular formula is C25H25F3N4O2. The van der Waals surface area contributed by atoms with Gasteiger partial charge in [-0.2, -0.15) is 13.2 Å². The Hall–Kier alpha value is -3.62. The zero-order valence-corrected chi connectivity index (χ0v) is 18.7. The molecule has 34 heavy (non-hydrogen) atoms. The van der Waals surface area contributed by atoms with Gasteiger partial charge in [0.15, 0.2) is 11.5 Å². The highest BCUT2D eigenvalue weighted by Crippen LogP contribution is 2.35. The third-order valence-corrected chi connectivity index (χ3v) is 5.96. The Kier molecular flexibility index (Phi) is 7.00. The van der Waals surface area contributed by atoms with Gasteiger partial charge in [0.05, 0.1) is 18.4 Å². The number of piperidine rings is 1. The molecule has 0 aliphatic carbocycles. The lowest BCUT2D eigenvalue weighted by Gasteiger charge is -2.32. The predicted octanol–water partition coefficient (Wildman–Crippen LogP) is 5.22. The maximum atomic E-state index is 13.0. The molecule has 9 heteroatoms. The monoisotopic (exact) mass is 470 g/mol. The summed E-state index contributed by atoms with van der Waals surface area (Å²) in [6, 6.07) is 16.6. The van der Waals surface area contributed by atoms with Crippen molar-refractivity contribution in [3.05, 3.63) is 77.5 Å². The molecule has 1 fully saturated rings. The van der Waals surface area contributed by atoms with Crippen LogP contribution >= 0.6 is 0 Å². The summed E-state index contributed by atoms with van der Waals surface area (Å²) in [6.07, 6.45) is -1.41. The van der Waals surface area contributed by atoms with Gasteiger partial charge in [-0.05, 0) is 61.1 Å². The van der Waals surface area contributed by atoms with Crippen LogP contribution in [0.4, 0.5) is 24.7 Å². The van der Waals surface area contributed by atoms with Gasteiger partial charge in [0.25, 0.3) is 5.91 Å². The molecule has 1 saturated heterocycles. The smallest absolute Gasteiger partial charge is 0.416 e. The normalized spacial score (nSPS) is 14.6. The van der Waals surface area contributed by atoms with E-state index in [1.807, 2.05) is 6.07 Å². The van der Waals surface area contributed by atoms with Gasteiger partial charge >= 0.3 is 6.18 Å². The number of nitrogens with zero attached hydrogens (tertiary/aromatic N) is 3. The van der Waals surface area contributed by atoms with E-state index >= 15 is 0 Å². The van der Waals surface area contributed by atoms with Crippen LogP contribution in [0.3, 0.4) is 0 Å². The lowest BCUT2D eigenvalue weighted by molar-refractivity contribution is -0.137. The van der Waals surface area contributed by atoms with Crippen LogP contribution in [0.15, 0.2) is 60.7 Å². The van der Waals surface area contributed by atoms with Crippen molar-refractivity contribution < 1.29 is 22.7 Å². The van der Waals surface area contributed by atoms with Gasteiger partial charge < -0.3 is 15.0 Å². The second-order valence-electron chi connectivity index (χ2n) is 8.26. The van der Waals surface area contributed by atoms with E-state index < -0.39 is 17.6 Å². The lowest BCUT2D eigenvalue weighted by Crippen LogP contribution is -2.35. The van der Waals surface area contributed by atoms with Crippen molar-refractivity contribution in [2.45, 2.75) is 25.4 Å². The SMILES string of the molecule is COc1ccc(C(F)(F)F)cc1NC(=O)c1ccc(N2CCC(Cc3ccccc3)CC2)nn1. The molecule has 0 unspecified atom stereocenters. The zero-order chi connectivity index (χ0) is 24.1. The first-order valence-corrected chi connectivity index (χ1v) is 11.0. The number of carbonyl (C=O) groups is 1. The third kappa shape index (κ3) is 5.65. The first kappa shape index (κ1) is 23.5. The van der Waals surface area contributed by atoms with Crippen LogP contribution < -0.4 is 15.0 Å². The first-order valence-electron chi connectivity index (χ1n) is 11.0. The predicted molar refractivity (Wildman–Crippen MR) is 123 cm³/mol. The number of anilines is 2. The summed E-state index contributed by atoms with van der Waals surface area (Å²) < 4.78 is 44.2. The number of nitrogens with one attached hydrogen (secondary N) is 1. The highest BCUT2D eigenvalue weighted by atomic mass is 19.4. The van der Waals surface area contributed by atoms with Crippen molar-refractivity contribution in [1.82, 2.24) is 10.2 Å². The Bertz CT molecular complexity index is 1110. The van der Waals surface area contributed by atoms with Crippen molar-refractivity contribution in [2.75, 3.05) is 30.4 Å². The highest BCUT2D eigenvalue weighted by molar-refractivity contribution is 6.03. The molecule has 4 rings (SSSR count). The standard InChI is InChI=1S/C25H25F3N4O2/c1-34-22-9-7-19(25(26,27)28)16-21(22)29-24(33)20-8-10-23(31-30-20)32-13-11-18(12-14-32)15-17-5-3-2-4-6-17/h2-10,16,18H,11-15H2,1H3,(H,29,33). The van der Waals surface area contributed by atoms with E-state index in [1.54, 1.807) is 6.07 Å². The molecule has 1 aliphatic rings. The Morgan fingerprint density at radius 3 is 2.41 bits per heavy atom. The average molecular weight is 470 g/mol. The van der Waals surface area contributed by atoms with Gasteiger partial charge in [-0.25, -0.2) is 0 Å². The number of benzene rings is 2. The molecule has 1 N–H and O–H groups in total. The molecule has 0 spiro atoms. The maximum absolute atomic E-state index is 13.0. The van der Waals surface area contributed by atoms with E-state index in [0.29, 0.717) is 11.7 Å². The molecule has 0 atom stereocenters. The fourth-order valence-corrected chi connectivity index (χ4v) is 4.10. The topological polar surface area (TPSA) is 67.3 Å². The fraction of sp³-hybridized carbons (Fsp3) is 0.320. The van der Waals surface area contributed by atoms with Crippen LogP contribution in [-0.4, -0.2) is 36.3 Å². The number of hydrogen-bond donors (Lipinski definition) is 1. The second-order valence-corrected chi connectivity index (χ2v) is 8.26. The van der Waals surface area contributed by atoms with Gasteiger partial charge in [0.2, 0.25) is 0 Å². The average Bonchev–Trinajstić information content (AvgIpc) is 2.84. The van der Waals surface area contributed by atoms with Gasteiger partial charge in [0, 0.05) is 13.1 Å². The van der Waals surface area contributed by atoms with E-state index in [0.717, 1.165) is 50.6 Å². The number of rotatable bonds is 6. The summed E-state index contributed by atoms with van der Waals surface area (Å²) in [7, 11) is 1.32. The number of amides is 1. The minimum Gasteiger partial charge on any atom is -0.495 e. The molecule has 6 nitrogen and oxygen atoms in total. The quantitative estimate of drug-likeness (QED) is 0.535. The highest BCUT2D eigenvalue weighted by Gasteiger charge is 2.31. The van der Waals surface area contributed by atoms with Crippen molar-refractivity contribution in [1.29, 1.82) is 0 Å². The fourth-order valence-electron chi connectivity index (χ4n) is 4.10. The molecule has 3 aromatic rings. The largest absolute Gasteiger partial charge is 0.495 e. The summed E-state index contributed by atoms with van der Waals surface area (Å²) in [5.74, 6) is 0.730. The first-order chi connectivity index (χ1) is 16.3. The number of carbonyl (C=O) groups excluding carboxylic acids is 1. The minimum atomic E-state index is -4.54. The summed E-state index contributed by atoms with van der Waals surface area (Å²) in [5, 5.41) is 10.6. The molecule has 2 aromatic carbocycles. The van der Waals surface area contributed by atoms with Crippen molar-refractivity contribution >= 4 is 17.4 Å². The number of ether oxygens (including phenoxy) is 1. The van der Waals surface area contributed by atoms with E-state index in [-0.39, 0.29) is 17.1 Å². The summed E-state index contributed by atoms with van der Waals surface area (Å²) in [6.45, 7) is 1.69. The Labute approximate surface area is 195 Å². The summed E-state index contributed by atoms with van der Waals surface area (Å²) in [5.41, 5.74) is 0.366. The van der Waals surface area contributed by atoms with Crippen molar-refractivity contribution in [3.63, 3.8) is 0 Å². The number of methoxy groups -OCH3 is 1. The molecule has 0 bridgehead atoms. The van der Waals surface area contributed by atoms with Crippen LogP contribution in [0.1, 0.15) is 34.5 Å². The van der Waals surface area contributed by atoms with E-state index in [2.05, 4.69) is 44.7 Å². The Balaban J connectivity index is 1.37. The van der Waals surface area contributed by atoms with Crippen LogP contribution in [0.2, 0.25) is 0 Å². The Morgan fingerprint density at radius 2 is 1.79 bits per heavy atom. The Morgan fingerprint density at radius 1 is 1.06 bits per heavy atom. The van der Waals surface area contributed by atoms with Crippen molar-refractivity contribution in [3.8, 4) is 5.75 Å². The van der Waals surface area contributed by atoms with Crippen LogP contribution in [-0.2, 0) is 12.6 Å². The number of hydrogen-bond acceptors (Lipinski definition) is 5. The third-order valence-electron chi connectivity index (χ3n) is 5.96. The van der Waals surface area contributed by atoms with E-state index in [9.17, 15) is 18.0 Å². The van der Waals surface area contributed by atoms with Gasteiger partial charge in [0.1, 0.15) is 5.75 Å². The number of aromatic nitrogens is 2. The lowest BCUT2D eigenvalue weighted by atomic mass is 9.90. The summed E-state index contributed by atoms with van der Waals surface area (Å²) >= 11 is 0. The molecule has 178 valence electrons. The minimum absolute atomic E-state index is 0.00202. The van der Waals surface area contributed by atoms with Gasteiger partial charge in [-0.3, -0.25) is 4.79 Å². The zero-order valence-electron chi connectivity index (χ0n) is 18.7. The molecule has 1 aliphatic heterocycles. The second kappa shape index (κ2) is 10.1. The van der Waals surface area contributed by atoms with Crippen LogP contribution in [0.25, 0.3) is 0 Å². The molecule has 0 radical (unpaired) electrons. The number of halogens is 3. The maximum Gasteiger partial charge on any atom is 0.416 e. The number of alkyl halides is 3. The molecule has 2 heterocycles. The molecular weight excluding hydrogens is 445 g/mol. The van der Waals surface area contributed by atoms with Crippen molar-refractivity contribution in [2.24, 2.45) is 5.92 Å². The summed E-state index contributed by atoms with van der Waals surface area (Å²) in [4.78, 5) is 14.7.